The van der Waals surface area contributed by atoms with E-state index in [0.717, 1.165) is 21.5 Å². The molecule has 20 heavy (non-hydrogen) atoms. The summed E-state index contributed by atoms with van der Waals surface area (Å²) in [6.45, 7) is 0.844. The standard InChI is InChI=1S/C14H16BrN3O2/c1-20-13-5-3-10(9-11(13)15)12-4-6-14(18-17-12)16-7-2-8-19/h3-6,9,19H,2,7-8H2,1H3,(H,16,18). The number of aliphatic hydroxyl groups excluding tert-OH is 1. The number of hydrogen-bond donors (Lipinski definition) is 2. The number of aliphatic hydroxyl groups is 1. The van der Waals surface area contributed by atoms with E-state index >= 15 is 0 Å². The zero-order valence-electron chi connectivity index (χ0n) is 11.1. The Bertz CT molecular complexity index is 561. The summed E-state index contributed by atoms with van der Waals surface area (Å²) in [7, 11) is 1.63. The summed E-state index contributed by atoms with van der Waals surface area (Å²) in [4.78, 5) is 0. The molecule has 0 aliphatic heterocycles. The number of halogens is 1. The van der Waals surface area contributed by atoms with Crippen LogP contribution in [0.2, 0.25) is 0 Å². The van der Waals surface area contributed by atoms with Crippen LogP contribution in [0.25, 0.3) is 11.3 Å². The Kier molecular flexibility index (Phi) is 5.31. The molecule has 2 aromatic rings. The van der Waals surface area contributed by atoms with Crippen LogP contribution in [0, 0.1) is 0 Å². The number of hydrogen-bond acceptors (Lipinski definition) is 5. The van der Waals surface area contributed by atoms with Gasteiger partial charge < -0.3 is 15.2 Å². The number of nitrogens with one attached hydrogen (secondary N) is 1. The highest BCUT2D eigenvalue weighted by Crippen LogP contribution is 2.29. The van der Waals surface area contributed by atoms with Crippen molar-refractivity contribution in [1.82, 2.24) is 10.2 Å². The van der Waals surface area contributed by atoms with Crippen LogP contribution in [0.3, 0.4) is 0 Å². The molecule has 6 heteroatoms. The molecule has 0 amide bonds. The van der Waals surface area contributed by atoms with Gasteiger partial charge >= 0.3 is 0 Å². The molecule has 1 aromatic carbocycles. The van der Waals surface area contributed by atoms with Gasteiger partial charge in [-0.1, -0.05) is 0 Å². The second-order valence-corrected chi connectivity index (χ2v) is 5.01. The van der Waals surface area contributed by atoms with Gasteiger partial charge in [0.05, 0.1) is 17.3 Å². The minimum Gasteiger partial charge on any atom is -0.496 e. The average Bonchev–Trinajstić information content (AvgIpc) is 2.48. The third kappa shape index (κ3) is 3.68. The SMILES string of the molecule is COc1ccc(-c2ccc(NCCCO)nn2)cc1Br. The van der Waals surface area contributed by atoms with Gasteiger partial charge in [0.15, 0.2) is 0 Å². The van der Waals surface area contributed by atoms with Crippen molar-refractivity contribution in [2.24, 2.45) is 0 Å². The van der Waals surface area contributed by atoms with E-state index < -0.39 is 0 Å². The summed E-state index contributed by atoms with van der Waals surface area (Å²) < 4.78 is 6.08. The predicted molar refractivity (Wildman–Crippen MR) is 81.9 cm³/mol. The van der Waals surface area contributed by atoms with Crippen molar-refractivity contribution in [2.75, 3.05) is 25.6 Å². The summed E-state index contributed by atoms with van der Waals surface area (Å²) >= 11 is 3.45. The van der Waals surface area contributed by atoms with Crippen molar-refractivity contribution in [3.05, 3.63) is 34.8 Å². The number of ether oxygens (including phenoxy) is 1. The van der Waals surface area contributed by atoms with Gasteiger partial charge in [-0.3, -0.25) is 0 Å². The van der Waals surface area contributed by atoms with Crippen LogP contribution < -0.4 is 10.1 Å². The van der Waals surface area contributed by atoms with Crippen molar-refractivity contribution >= 4 is 21.7 Å². The molecule has 0 radical (unpaired) electrons. The molecule has 0 saturated heterocycles. The van der Waals surface area contributed by atoms with E-state index in [2.05, 4.69) is 31.4 Å². The third-order valence-electron chi connectivity index (χ3n) is 2.75. The van der Waals surface area contributed by atoms with Crippen molar-refractivity contribution in [2.45, 2.75) is 6.42 Å². The lowest BCUT2D eigenvalue weighted by atomic mass is 10.1. The largest absolute Gasteiger partial charge is 0.496 e. The zero-order chi connectivity index (χ0) is 14.4. The van der Waals surface area contributed by atoms with Gasteiger partial charge in [-0.25, -0.2) is 0 Å². The van der Waals surface area contributed by atoms with Gasteiger partial charge in [-0.2, -0.15) is 0 Å². The lowest BCUT2D eigenvalue weighted by Gasteiger charge is -2.07. The third-order valence-corrected chi connectivity index (χ3v) is 3.37. The van der Waals surface area contributed by atoms with Crippen molar-refractivity contribution < 1.29 is 9.84 Å². The topological polar surface area (TPSA) is 67.3 Å². The Labute approximate surface area is 126 Å². The van der Waals surface area contributed by atoms with E-state index in [4.69, 9.17) is 9.84 Å². The molecule has 0 bridgehead atoms. The zero-order valence-corrected chi connectivity index (χ0v) is 12.7. The molecule has 0 fully saturated rings. The van der Waals surface area contributed by atoms with Crippen LogP contribution in [-0.4, -0.2) is 35.6 Å². The van der Waals surface area contributed by atoms with Crippen LogP contribution in [0.1, 0.15) is 6.42 Å². The van der Waals surface area contributed by atoms with Gasteiger partial charge in [-0.05, 0) is 52.7 Å². The first-order chi connectivity index (χ1) is 9.74. The maximum atomic E-state index is 8.72. The molecular weight excluding hydrogens is 322 g/mol. The highest BCUT2D eigenvalue weighted by molar-refractivity contribution is 9.10. The van der Waals surface area contributed by atoms with E-state index in [1.807, 2.05) is 30.3 Å². The lowest BCUT2D eigenvalue weighted by Crippen LogP contribution is -2.05. The van der Waals surface area contributed by atoms with Crippen molar-refractivity contribution in [1.29, 1.82) is 0 Å². The second-order valence-electron chi connectivity index (χ2n) is 4.16. The van der Waals surface area contributed by atoms with Crippen LogP contribution in [0.4, 0.5) is 5.82 Å². The highest BCUT2D eigenvalue weighted by atomic mass is 79.9. The number of methoxy groups -OCH3 is 1. The first kappa shape index (κ1) is 14.7. The molecule has 0 saturated carbocycles. The summed E-state index contributed by atoms with van der Waals surface area (Å²) in [6, 6.07) is 9.54. The Balaban J connectivity index is 2.11. The summed E-state index contributed by atoms with van der Waals surface area (Å²) in [5.41, 5.74) is 1.76. The Morgan fingerprint density at radius 1 is 1.25 bits per heavy atom. The van der Waals surface area contributed by atoms with Gasteiger partial charge in [0, 0.05) is 18.7 Å². The normalized spacial score (nSPS) is 10.3. The number of benzene rings is 1. The van der Waals surface area contributed by atoms with E-state index in [-0.39, 0.29) is 6.61 Å². The molecule has 0 unspecified atom stereocenters. The van der Waals surface area contributed by atoms with E-state index in [1.54, 1.807) is 7.11 Å². The Morgan fingerprint density at radius 2 is 2.10 bits per heavy atom. The number of anilines is 1. The van der Waals surface area contributed by atoms with E-state index in [0.29, 0.717) is 18.8 Å². The number of nitrogens with zero attached hydrogens (tertiary/aromatic N) is 2. The first-order valence-electron chi connectivity index (χ1n) is 6.27. The predicted octanol–water partition coefficient (Wildman–Crippen LogP) is 2.71. The van der Waals surface area contributed by atoms with Crippen molar-refractivity contribution in [3.63, 3.8) is 0 Å². The lowest BCUT2D eigenvalue weighted by molar-refractivity contribution is 0.292. The highest BCUT2D eigenvalue weighted by Gasteiger charge is 2.05. The molecule has 1 aromatic heterocycles. The maximum absolute atomic E-state index is 8.72. The van der Waals surface area contributed by atoms with E-state index in [1.165, 1.54) is 0 Å². The molecule has 1 heterocycles. The molecule has 2 rings (SSSR count). The molecule has 0 atom stereocenters. The Hall–Kier alpha value is -1.66. The fourth-order valence-corrected chi connectivity index (χ4v) is 2.24. The fraction of sp³-hybridized carbons (Fsp3) is 0.286. The van der Waals surface area contributed by atoms with Crippen LogP contribution in [-0.2, 0) is 0 Å². The van der Waals surface area contributed by atoms with Gasteiger partial charge in [0.2, 0.25) is 0 Å². The van der Waals surface area contributed by atoms with E-state index in [9.17, 15) is 0 Å². The first-order valence-corrected chi connectivity index (χ1v) is 7.06. The molecular formula is C14H16BrN3O2. The van der Waals surface area contributed by atoms with Crippen molar-refractivity contribution in [3.8, 4) is 17.0 Å². The summed E-state index contributed by atoms with van der Waals surface area (Å²) in [5, 5.41) is 20.1. The average molecular weight is 338 g/mol. The number of aromatic nitrogens is 2. The molecule has 106 valence electrons. The molecule has 0 aliphatic rings. The maximum Gasteiger partial charge on any atom is 0.148 e. The quantitative estimate of drug-likeness (QED) is 0.793. The molecule has 2 N–H and O–H groups in total. The van der Waals surface area contributed by atoms with Gasteiger partial charge in [0.1, 0.15) is 11.6 Å². The minimum atomic E-state index is 0.165. The summed E-state index contributed by atoms with van der Waals surface area (Å²) in [5.74, 6) is 1.48. The fourth-order valence-electron chi connectivity index (χ4n) is 1.70. The Morgan fingerprint density at radius 3 is 2.70 bits per heavy atom. The smallest absolute Gasteiger partial charge is 0.148 e. The second kappa shape index (κ2) is 7.21. The van der Waals surface area contributed by atoms with Crippen LogP contribution in [0.15, 0.2) is 34.8 Å². The molecule has 0 spiro atoms. The van der Waals surface area contributed by atoms with Gasteiger partial charge in [0.25, 0.3) is 0 Å². The summed E-state index contributed by atoms with van der Waals surface area (Å²) in [6.07, 6.45) is 0.689. The van der Waals surface area contributed by atoms with Crippen LogP contribution in [0.5, 0.6) is 5.75 Å². The molecule has 5 nitrogen and oxygen atoms in total. The van der Waals surface area contributed by atoms with Crippen LogP contribution >= 0.6 is 15.9 Å². The molecule has 0 aliphatic carbocycles. The minimum absolute atomic E-state index is 0.165. The monoisotopic (exact) mass is 337 g/mol. The number of rotatable bonds is 6. The van der Waals surface area contributed by atoms with Gasteiger partial charge in [-0.15, -0.1) is 10.2 Å².